The largest absolute Gasteiger partial charge is 0.363 e. The molecule has 0 saturated carbocycles. The summed E-state index contributed by atoms with van der Waals surface area (Å²) in [5.41, 5.74) is 0.975. The highest BCUT2D eigenvalue weighted by atomic mass is 32.2. The Hall–Kier alpha value is -1.93. The molecule has 3 rings (SSSR count). The molecule has 0 spiro atoms. The molecule has 1 fully saturated rings. The van der Waals surface area contributed by atoms with Gasteiger partial charge >= 0.3 is 0 Å². The van der Waals surface area contributed by atoms with Crippen LogP contribution in [0.2, 0.25) is 0 Å². The van der Waals surface area contributed by atoms with E-state index in [-0.39, 0.29) is 10.9 Å². The van der Waals surface area contributed by atoms with Crippen LogP contribution in [0, 0.1) is 0 Å². The van der Waals surface area contributed by atoms with E-state index < -0.39 is 10.0 Å². The summed E-state index contributed by atoms with van der Waals surface area (Å²) in [7, 11) is 0.315. The molecule has 0 aromatic carbocycles. The first kappa shape index (κ1) is 15.0. The smallest absolute Gasteiger partial charge is 0.246 e. The van der Waals surface area contributed by atoms with Crippen LogP contribution < -0.4 is 4.90 Å². The summed E-state index contributed by atoms with van der Waals surface area (Å²) >= 11 is 0. The van der Waals surface area contributed by atoms with E-state index in [0.29, 0.717) is 6.54 Å². The fourth-order valence-electron chi connectivity index (χ4n) is 2.76. The van der Waals surface area contributed by atoms with Crippen LogP contribution in [0.15, 0.2) is 35.6 Å². The maximum atomic E-state index is 12.7. The second kappa shape index (κ2) is 5.69. The lowest BCUT2D eigenvalue weighted by Crippen LogP contribution is -2.30. The van der Waals surface area contributed by atoms with Gasteiger partial charge in [0.2, 0.25) is 10.0 Å². The number of anilines is 1. The molecule has 0 amide bonds. The molecular weight excluding hydrogens is 302 g/mol. The van der Waals surface area contributed by atoms with Gasteiger partial charge in [0, 0.05) is 33.0 Å². The molecule has 1 aliphatic heterocycles. The average Bonchev–Trinajstić information content (AvgIpc) is 3.19. The van der Waals surface area contributed by atoms with Crippen molar-refractivity contribution >= 4 is 15.8 Å². The maximum absolute atomic E-state index is 12.7. The van der Waals surface area contributed by atoms with Crippen molar-refractivity contribution in [3.05, 3.63) is 36.3 Å². The lowest BCUT2D eigenvalue weighted by Gasteiger charge is -2.24. The molecule has 8 heteroatoms. The van der Waals surface area contributed by atoms with Gasteiger partial charge in [-0.25, -0.2) is 13.4 Å². The Kier molecular flexibility index (Phi) is 3.88. The average molecular weight is 321 g/mol. The van der Waals surface area contributed by atoms with Crippen molar-refractivity contribution in [2.75, 3.05) is 25.5 Å². The predicted molar refractivity (Wildman–Crippen MR) is 83.0 cm³/mol. The van der Waals surface area contributed by atoms with E-state index in [4.69, 9.17) is 0 Å². The highest BCUT2D eigenvalue weighted by Crippen LogP contribution is 2.36. The molecule has 1 aliphatic rings. The number of sulfonamides is 1. The van der Waals surface area contributed by atoms with Crippen LogP contribution in [-0.4, -0.2) is 48.5 Å². The third-order valence-electron chi connectivity index (χ3n) is 3.90. The molecule has 2 aromatic rings. The summed E-state index contributed by atoms with van der Waals surface area (Å²) in [6.07, 6.45) is 6.16. The lowest BCUT2D eigenvalue weighted by atomic mass is 10.1. The van der Waals surface area contributed by atoms with Gasteiger partial charge in [-0.05, 0) is 30.5 Å². The van der Waals surface area contributed by atoms with Crippen molar-refractivity contribution in [2.45, 2.75) is 23.8 Å². The van der Waals surface area contributed by atoms with Crippen LogP contribution in [0.25, 0.3) is 0 Å². The number of rotatable bonds is 4. The Balaban J connectivity index is 1.96. The van der Waals surface area contributed by atoms with Crippen molar-refractivity contribution < 1.29 is 8.42 Å². The molecule has 1 atom stereocenters. The van der Waals surface area contributed by atoms with Crippen molar-refractivity contribution in [1.29, 1.82) is 0 Å². The Morgan fingerprint density at radius 1 is 1.41 bits per heavy atom. The first-order chi connectivity index (χ1) is 10.5. The quantitative estimate of drug-likeness (QED) is 0.920. The van der Waals surface area contributed by atoms with E-state index in [2.05, 4.69) is 15.2 Å². The van der Waals surface area contributed by atoms with Crippen LogP contribution >= 0.6 is 0 Å². The minimum absolute atomic E-state index is 0.151. The van der Waals surface area contributed by atoms with Gasteiger partial charge in [-0.15, -0.1) is 0 Å². The van der Waals surface area contributed by atoms with Gasteiger partial charge in [-0.3, -0.25) is 5.10 Å². The lowest BCUT2D eigenvalue weighted by molar-refractivity contribution is 0.396. The molecule has 7 nitrogen and oxygen atoms in total. The van der Waals surface area contributed by atoms with Gasteiger partial charge in [0.1, 0.15) is 10.7 Å². The molecule has 2 aromatic heterocycles. The maximum Gasteiger partial charge on any atom is 0.246 e. The van der Waals surface area contributed by atoms with Crippen LogP contribution in [0.3, 0.4) is 0 Å². The Morgan fingerprint density at radius 2 is 2.23 bits per heavy atom. The van der Waals surface area contributed by atoms with E-state index in [1.165, 1.54) is 12.4 Å². The summed E-state index contributed by atoms with van der Waals surface area (Å²) in [5.74, 6) is 0.824. The zero-order chi connectivity index (χ0) is 15.7. The molecule has 1 saturated heterocycles. The molecule has 22 heavy (non-hydrogen) atoms. The Morgan fingerprint density at radius 3 is 2.91 bits per heavy atom. The summed E-state index contributed by atoms with van der Waals surface area (Å²) in [6.45, 7) is 0.526. The minimum Gasteiger partial charge on any atom is -0.363 e. The zero-order valence-corrected chi connectivity index (χ0v) is 13.4. The summed E-state index contributed by atoms with van der Waals surface area (Å²) in [5, 5.41) is 6.31. The van der Waals surface area contributed by atoms with Crippen LogP contribution in [0.1, 0.15) is 24.4 Å². The fourth-order valence-corrected chi connectivity index (χ4v) is 4.35. The van der Waals surface area contributed by atoms with Crippen molar-refractivity contribution in [3.63, 3.8) is 0 Å². The predicted octanol–water partition coefficient (Wildman–Crippen LogP) is 1.40. The minimum atomic E-state index is -3.52. The highest BCUT2D eigenvalue weighted by Gasteiger charge is 2.36. The molecule has 0 aliphatic carbocycles. The van der Waals surface area contributed by atoms with Gasteiger partial charge < -0.3 is 4.90 Å². The van der Waals surface area contributed by atoms with Crippen LogP contribution in [0.4, 0.5) is 5.82 Å². The van der Waals surface area contributed by atoms with Gasteiger partial charge in [-0.2, -0.15) is 9.40 Å². The topological polar surface area (TPSA) is 82.2 Å². The van der Waals surface area contributed by atoms with Gasteiger partial charge in [0.15, 0.2) is 0 Å². The number of H-pyrrole nitrogens is 1. The van der Waals surface area contributed by atoms with Gasteiger partial charge in [-0.1, -0.05) is 0 Å². The number of aromatic amines is 1. The van der Waals surface area contributed by atoms with Crippen molar-refractivity contribution in [2.24, 2.45) is 0 Å². The number of nitrogens with one attached hydrogen (secondary N) is 1. The monoisotopic (exact) mass is 321 g/mol. The zero-order valence-electron chi connectivity index (χ0n) is 12.6. The first-order valence-electron chi connectivity index (χ1n) is 7.14. The van der Waals surface area contributed by atoms with E-state index in [1.807, 2.05) is 31.1 Å². The van der Waals surface area contributed by atoms with E-state index in [0.717, 1.165) is 24.2 Å². The number of hydrogen-bond donors (Lipinski definition) is 1. The number of nitrogens with zero attached hydrogens (tertiary/aromatic N) is 4. The van der Waals surface area contributed by atoms with E-state index in [9.17, 15) is 8.42 Å². The van der Waals surface area contributed by atoms with Crippen LogP contribution in [-0.2, 0) is 10.0 Å². The molecule has 0 radical (unpaired) electrons. The number of hydrogen-bond acceptors (Lipinski definition) is 5. The molecule has 1 N–H and O–H groups in total. The fraction of sp³-hybridized carbons (Fsp3) is 0.429. The molecule has 0 unspecified atom stereocenters. The van der Waals surface area contributed by atoms with Gasteiger partial charge in [0.25, 0.3) is 0 Å². The third-order valence-corrected chi connectivity index (χ3v) is 5.77. The summed E-state index contributed by atoms with van der Waals surface area (Å²) < 4.78 is 27.0. The normalized spacial score (nSPS) is 19.5. The summed E-state index contributed by atoms with van der Waals surface area (Å²) in [6, 6.07) is 3.69. The van der Waals surface area contributed by atoms with Gasteiger partial charge in [0.05, 0.1) is 12.2 Å². The first-order valence-corrected chi connectivity index (χ1v) is 8.58. The molecule has 3 heterocycles. The van der Waals surface area contributed by atoms with E-state index >= 15 is 0 Å². The van der Waals surface area contributed by atoms with Crippen molar-refractivity contribution in [1.82, 2.24) is 19.5 Å². The second-order valence-corrected chi connectivity index (χ2v) is 7.44. The standard InChI is InChI=1S/C14H19N5O2S/c1-18(2)14-8-11(5-6-15-14)13-4-3-7-19(13)22(20,21)12-9-16-17-10-12/h5-6,8-10,13H,3-4,7H2,1-2H3,(H,16,17)/t13-/m1/s1. The Bertz CT molecular complexity index is 742. The molecule has 0 bridgehead atoms. The SMILES string of the molecule is CN(C)c1cc([C@H]2CCCN2S(=O)(=O)c2cn[nH]c2)ccn1. The molecular formula is C14H19N5O2S. The Labute approximate surface area is 130 Å². The highest BCUT2D eigenvalue weighted by molar-refractivity contribution is 7.89. The van der Waals surface area contributed by atoms with Crippen LogP contribution in [0.5, 0.6) is 0 Å². The van der Waals surface area contributed by atoms with E-state index in [1.54, 1.807) is 10.5 Å². The van der Waals surface area contributed by atoms with Crippen molar-refractivity contribution in [3.8, 4) is 0 Å². The number of aromatic nitrogens is 3. The second-order valence-electron chi connectivity index (χ2n) is 5.55. The third kappa shape index (κ3) is 2.59. The molecule has 118 valence electrons. The number of pyridine rings is 1. The summed E-state index contributed by atoms with van der Waals surface area (Å²) in [4.78, 5) is 6.41.